The highest BCUT2D eigenvalue weighted by atomic mass is 16.5. The minimum atomic E-state index is -0.504. The van der Waals surface area contributed by atoms with Gasteiger partial charge in [0.2, 0.25) is 0 Å². The molecule has 2 N–H and O–H groups in total. The van der Waals surface area contributed by atoms with Crippen molar-refractivity contribution in [2.45, 2.75) is 18.9 Å². The Morgan fingerprint density at radius 1 is 1.35 bits per heavy atom. The van der Waals surface area contributed by atoms with Crippen molar-refractivity contribution >= 4 is 17.6 Å². The van der Waals surface area contributed by atoms with E-state index in [1.54, 1.807) is 18.2 Å². The molecule has 1 atom stereocenters. The van der Waals surface area contributed by atoms with Crippen LogP contribution in [-0.2, 0) is 9.53 Å². The number of likely N-dealkylation sites (tertiary alicyclic amines) is 1. The Morgan fingerprint density at radius 2 is 2.10 bits per heavy atom. The molecule has 0 radical (unpaired) electrons. The van der Waals surface area contributed by atoms with Gasteiger partial charge >= 0.3 is 5.97 Å². The maximum Gasteiger partial charge on any atom is 0.328 e. The molecule has 1 amide bonds. The SMILES string of the molecule is COC(=O)C1CCCN1C(=O)c1ccc(OC)c(N)c1. The van der Waals surface area contributed by atoms with E-state index >= 15 is 0 Å². The molecule has 108 valence electrons. The van der Waals surface area contributed by atoms with Gasteiger partial charge in [-0.15, -0.1) is 0 Å². The quantitative estimate of drug-likeness (QED) is 0.660. The molecule has 2 rings (SSSR count). The first-order valence-electron chi connectivity index (χ1n) is 6.40. The van der Waals surface area contributed by atoms with E-state index in [2.05, 4.69) is 0 Å². The van der Waals surface area contributed by atoms with Crippen molar-refractivity contribution in [1.29, 1.82) is 0 Å². The van der Waals surface area contributed by atoms with Crippen molar-refractivity contribution in [2.75, 3.05) is 26.5 Å². The van der Waals surface area contributed by atoms with Gasteiger partial charge in [0, 0.05) is 12.1 Å². The molecule has 1 aliphatic rings. The van der Waals surface area contributed by atoms with Gasteiger partial charge in [-0.3, -0.25) is 4.79 Å². The van der Waals surface area contributed by atoms with Crippen LogP contribution in [0.1, 0.15) is 23.2 Å². The number of nitrogens with two attached hydrogens (primary N) is 1. The lowest BCUT2D eigenvalue weighted by atomic mass is 10.1. The fourth-order valence-corrected chi connectivity index (χ4v) is 2.42. The Balaban J connectivity index is 2.22. The third-order valence-electron chi connectivity index (χ3n) is 3.46. The average Bonchev–Trinajstić information content (AvgIpc) is 2.94. The lowest BCUT2D eigenvalue weighted by molar-refractivity contribution is -0.145. The number of methoxy groups -OCH3 is 2. The summed E-state index contributed by atoms with van der Waals surface area (Å²) in [5.41, 5.74) is 6.64. The van der Waals surface area contributed by atoms with Crippen LogP contribution in [0, 0.1) is 0 Å². The summed E-state index contributed by atoms with van der Waals surface area (Å²) in [6.45, 7) is 0.546. The number of carbonyl (C=O) groups excluding carboxylic acids is 2. The maximum atomic E-state index is 12.5. The summed E-state index contributed by atoms with van der Waals surface area (Å²) < 4.78 is 9.79. The standard InChI is InChI=1S/C14H18N2O4/c1-19-12-6-5-9(8-10(12)15)13(17)16-7-3-4-11(16)14(18)20-2/h5-6,8,11H,3-4,7,15H2,1-2H3. The first kappa shape index (κ1) is 14.2. The van der Waals surface area contributed by atoms with Gasteiger partial charge in [0.25, 0.3) is 5.91 Å². The minimum Gasteiger partial charge on any atom is -0.495 e. The van der Waals surface area contributed by atoms with Crippen LogP contribution in [0.4, 0.5) is 5.69 Å². The van der Waals surface area contributed by atoms with Gasteiger partial charge in [0.15, 0.2) is 0 Å². The van der Waals surface area contributed by atoms with Crippen LogP contribution >= 0.6 is 0 Å². The zero-order chi connectivity index (χ0) is 14.7. The van der Waals surface area contributed by atoms with Gasteiger partial charge < -0.3 is 20.1 Å². The molecule has 0 saturated carbocycles. The van der Waals surface area contributed by atoms with Crippen LogP contribution in [0.15, 0.2) is 18.2 Å². The van der Waals surface area contributed by atoms with Crippen LogP contribution in [0.2, 0.25) is 0 Å². The van der Waals surface area contributed by atoms with Crippen LogP contribution in [-0.4, -0.2) is 43.6 Å². The number of amides is 1. The first-order valence-corrected chi connectivity index (χ1v) is 6.40. The van der Waals surface area contributed by atoms with Gasteiger partial charge in [0.05, 0.1) is 19.9 Å². The summed E-state index contributed by atoms with van der Waals surface area (Å²) in [7, 11) is 2.84. The predicted octanol–water partition coefficient (Wildman–Crippen LogP) is 1.05. The van der Waals surface area contributed by atoms with Crippen molar-refractivity contribution in [3.63, 3.8) is 0 Å². The van der Waals surface area contributed by atoms with E-state index in [0.717, 1.165) is 6.42 Å². The molecule has 1 aromatic carbocycles. The minimum absolute atomic E-state index is 0.216. The van der Waals surface area contributed by atoms with E-state index in [0.29, 0.717) is 30.0 Å². The average molecular weight is 278 g/mol. The summed E-state index contributed by atoms with van der Waals surface area (Å²) in [6.07, 6.45) is 1.42. The monoisotopic (exact) mass is 278 g/mol. The van der Waals surface area contributed by atoms with E-state index in [-0.39, 0.29) is 11.9 Å². The number of carbonyl (C=O) groups is 2. The van der Waals surface area contributed by atoms with Gasteiger partial charge in [-0.25, -0.2) is 4.79 Å². The molecule has 1 aromatic rings. The van der Waals surface area contributed by atoms with Crippen molar-refractivity contribution in [2.24, 2.45) is 0 Å². The van der Waals surface area contributed by atoms with Crippen molar-refractivity contribution < 1.29 is 19.1 Å². The van der Waals surface area contributed by atoms with E-state index in [1.807, 2.05) is 0 Å². The Morgan fingerprint density at radius 3 is 2.70 bits per heavy atom. The second kappa shape index (κ2) is 5.81. The third kappa shape index (κ3) is 2.54. The van der Waals surface area contributed by atoms with E-state index in [4.69, 9.17) is 15.2 Å². The highest BCUT2D eigenvalue weighted by Gasteiger charge is 2.35. The lowest BCUT2D eigenvalue weighted by Crippen LogP contribution is -2.41. The number of esters is 1. The molecule has 6 heteroatoms. The zero-order valence-electron chi connectivity index (χ0n) is 11.6. The number of nitrogens with zero attached hydrogens (tertiary/aromatic N) is 1. The number of anilines is 1. The van der Waals surface area contributed by atoms with Gasteiger partial charge in [-0.05, 0) is 31.0 Å². The van der Waals surface area contributed by atoms with Gasteiger partial charge in [0.1, 0.15) is 11.8 Å². The molecule has 1 aliphatic heterocycles. The smallest absolute Gasteiger partial charge is 0.328 e. The zero-order valence-corrected chi connectivity index (χ0v) is 11.6. The number of benzene rings is 1. The highest BCUT2D eigenvalue weighted by Crippen LogP contribution is 2.25. The normalized spacial score (nSPS) is 17.9. The second-order valence-corrected chi connectivity index (χ2v) is 4.64. The Hall–Kier alpha value is -2.24. The molecule has 1 fully saturated rings. The van der Waals surface area contributed by atoms with Crippen LogP contribution in [0.3, 0.4) is 0 Å². The second-order valence-electron chi connectivity index (χ2n) is 4.64. The van der Waals surface area contributed by atoms with Crippen molar-refractivity contribution in [3.05, 3.63) is 23.8 Å². The summed E-state index contributed by atoms with van der Waals surface area (Å²) in [5.74, 6) is -0.0722. The molecular weight excluding hydrogens is 260 g/mol. The fraction of sp³-hybridized carbons (Fsp3) is 0.429. The lowest BCUT2D eigenvalue weighted by Gasteiger charge is -2.23. The molecule has 0 bridgehead atoms. The van der Waals surface area contributed by atoms with Crippen molar-refractivity contribution in [3.8, 4) is 5.75 Å². The summed E-state index contributed by atoms with van der Waals surface area (Å²) in [6, 6.07) is 4.35. The molecular formula is C14H18N2O4. The number of hydrogen-bond donors (Lipinski definition) is 1. The van der Waals surface area contributed by atoms with E-state index < -0.39 is 6.04 Å². The number of rotatable bonds is 3. The number of hydrogen-bond acceptors (Lipinski definition) is 5. The molecule has 0 spiro atoms. The van der Waals surface area contributed by atoms with Gasteiger partial charge in [-0.2, -0.15) is 0 Å². The summed E-state index contributed by atoms with van der Waals surface area (Å²) in [4.78, 5) is 25.7. The topological polar surface area (TPSA) is 81.9 Å². The largest absolute Gasteiger partial charge is 0.495 e. The molecule has 6 nitrogen and oxygen atoms in total. The fourth-order valence-electron chi connectivity index (χ4n) is 2.42. The predicted molar refractivity (Wildman–Crippen MR) is 73.5 cm³/mol. The van der Waals surface area contributed by atoms with Crippen LogP contribution in [0.25, 0.3) is 0 Å². The van der Waals surface area contributed by atoms with Crippen LogP contribution < -0.4 is 10.5 Å². The number of nitrogen functional groups attached to an aromatic ring is 1. The van der Waals surface area contributed by atoms with Crippen LogP contribution in [0.5, 0.6) is 5.75 Å². The van der Waals surface area contributed by atoms with E-state index in [9.17, 15) is 9.59 Å². The first-order chi connectivity index (χ1) is 9.58. The molecule has 1 heterocycles. The highest BCUT2D eigenvalue weighted by molar-refractivity contribution is 5.98. The summed E-state index contributed by atoms with van der Waals surface area (Å²) in [5, 5.41) is 0. The molecule has 1 saturated heterocycles. The maximum absolute atomic E-state index is 12.5. The molecule has 0 aliphatic carbocycles. The molecule has 20 heavy (non-hydrogen) atoms. The molecule has 1 unspecified atom stereocenters. The molecule has 0 aromatic heterocycles. The Labute approximate surface area is 117 Å². The Bertz CT molecular complexity index is 530. The summed E-state index contributed by atoms with van der Waals surface area (Å²) >= 11 is 0. The van der Waals surface area contributed by atoms with Gasteiger partial charge in [-0.1, -0.05) is 0 Å². The van der Waals surface area contributed by atoms with E-state index in [1.165, 1.54) is 19.1 Å². The third-order valence-corrected chi connectivity index (χ3v) is 3.46. The number of ether oxygens (including phenoxy) is 2. The van der Waals surface area contributed by atoms with Crippen molar-refractivity contribution in [1.82, 2.24) is 4.90 Å². The Kier molecular flexibility index (Phi) is 4.12.